The van der Waals surface area contributed by atoms with E-state index in [9.17, 15) is 4.79 Å². The monoisotopic (exact) mass is 205 g/mol. The van der Waals surface area contributed by atoms with Crippen molar-refractivity contribution in [2.75, 3.05) is 11.4 Å². The topological polar surface area (TPSA) is 46.1 Å². The molecule has 4 heteroatoms. The van der Waals surface area contributed by atoms with E-state index in [2.05, 4.69) is 9.97 Å². The number of aromatic nitrogens is 2. The predicted octanol–water partition coefficient (Wildman–Crippen LogP) is 1.73. The minimum atomic E-state index is 0.170. The molecule has 2 rings (SSSR count). The van der Waals surface area contributed by atoms with Gasteiger partial charge in [0.1, 0.15) is 11.6 Å². The zero-order valence-corrected chi connectivity index (χ0v) is 9.10. The number of hydrogen-bond donors (Lipinski definition) is 0. The van der Waals surface area contributed by atoms with Crippen LogP contribution >= 0.6 is 0 Å². The van der Waals surface area contributed by atoms with Crippen molar-refractivity contribution in [2.24, 2.45) is 0 Å². The summed E-state index contributed by atoms with van der Waals surface area (Å²) < 4.78 is 0. The largest absolute Gasteiger partial charge is 0.297 e. The molecule has 1 amide bonds. The van der Waals surface area contributed by atoms with Gasteiger partial charge in [-0.25, -0.2) is 9.97 Å². The fraction of sp³-hybridized carbons (Fsp3) is 0.545. The van der Waals surface area contributed by atoms with Gasteiger partial charge in [0.25, 0.3) is 0 Å². The van der Waals surface area contributed by atoms with Gasteiger partial charge in [0, 0.05) is 25.1 Å². The van der Waals surface area contributed by atoms with Gasteiger partial charge in [-0.1, -0.05) is 13.8 Å². The average Bonchev–Trinajstić information content (AvgIpc) is 2.64. The summed E-state index contributed by atoms with van der Waals surface area (Å²) in [4.78, 5) is 21.8. The van der Waals surface area contributed by atoms with Crippen molar-refractivity contribution in [3.05, 3.63) is 18.1 Å². The molecule has 0 spiro atoms. The number of amides is 1. The van der Waals surface area contributed by atoms with Crippen LogP contribution in [0.25, 0.3) is 0 Å². The Bertz CT molecular complexity index is 376. The van der Waals surface area contributed by atoms with Crippen molar-refractivity contribution in [1.82, 2.24) is 9.97 Å². The summed E-state index contributed by atoms with van der Waals surface area (Å²) in [6.07, 6.45) is 3.30. The highest BCUT2D eigenvalue weighted by atomic mass is 16.2. The Balaban J connectivity index is 2.28. The zero-order chi connectivity index (χ0) is 10.8. The molecule has 80 valence electrons. The Kier molecular flexibility index (Phi) is 2.66. The van der Waals surface area contributed by atoms with E-state index in [4.69, 9.17) is 0 Å². The Hall–Kier alpha value is -1.45. The molecule has 1 aromatic heterocycles. The fourth-order valence-corrected chi connectivity index (χ4v) is 1.68. The average molecular weight is 205 g/mol. The summed E-state index contributed by atoms with van der Waals surface area (Å²) in [6.45, 7) is 4.88. The lowest BCUT2D eigenvalue weighted by Gasteiger charge is -2.15. The summed E-state index contributed by atoms with van der Waals surface area (Å²) in [7, 11) is 0. The van der Waals surface area contributed by atoms with Crippen LogP contribution in [0.15, 0.2) is 12.3 Å². The second-order valence-electron chi connectivity index (χ2n) is 4.08. The van der Waals surface area contributed by atoms with Gasteiger partial charge in [0.15, 0.2) is 0 Å². The van der Waals surface area contributed by atoms with E-state index in [0.29, 0.717) is 12.3 Å². The Morgan fingerprint density at radius 1 is 1.47 bits per heavy atom. The normalized spacial score (nSPS) is 16.5. The molecular weight excluding hydrogens is 190 g/mol. The van der Waals surface area contributed by atoms with Gasteiger partial charge < -0.3 is 0 Å². The lowest BCUT2D eigenvalue weighted by atomic mass is 10.2. The molecule has 0 aromatic carbocycles. The maximum atomic E-state index is 11.5. The van der Waals surface area contributed by atoms with Crippen LogP contribution in [-0.2, 0) is 4.79 Å². The van der Waals surface area contributed by atoms with Crippen LogP contribution in [0.2, 0.25) is 0 Å². The van der Waals surface area contributed by atoms with E-state index < -0.39 is 0 Å². The molecule has 1 aromatic rings. The summed E-state index contributed by atoms with van der Waals surface area (Å²) in [5.41, 5.74) is 0. The molecule has 1 aliphatic heterocycles. The van der Waals surface area contributed by atoms with Crippen LogP contribution in [0.3, 0.4) is 0 Å². The van der Waals surface area contributed by atoms with Crippen molar-refractivity contribution < 1.29 is 4.79 Å². The molecule has 0 atom stereocenters. The zero-order valence-electron chi connectivity index (χ0n) is 9.10. The maximum Gasteiger partial charge on any atom is 0.228 e. The van der Waals surface area contributed by atoms with Crippen molar-refractivity contribution in [3.63, 3.8) is 0 Å². The van der Waals surface area contributed by atoms with Crippen molar-refractivity contribution >= 4 is 11.7 Å². The van der Waals surface area contributed by atoms with E-state index in [1.807, 2.05) is 13.8 Å². The van der Waals surface area contributed by atoms with Gasteiger partial charge in [-0.3, -0.25) is 9.69 Å². The highest BCUT2D eigenvalue weighted by molar-refractivity contribution is 5.94. The van der Waals surface area contributed by atoms with Crippen LogP contribution in [0.1, 0.15) is 38.4 Å². The first-order valence-corrected chi connectivity index (χ1v) is 5.32. The number of anilines is 1. The lowest BCUT2D eigenvalue weighted by molar-refractivity contribution is -0.117. The molecule has 1 aliphatic rings. The Morgan fingerprint density at radius 3 is 2.87 bits per heavy atom. The third-order valence-electron chi connectivity index (χ3n) is 2.53. The summed E-state index contributed by atoms with van der Waals surface area (Å²) in [5.74, 6) is 2.01. The third kappa shape index (κ3) is 1.98. The van der Waals surface area contributed by atoms with Crippen molar-refractivity contribution in [2.45, 2.75) is 32.6 Å². The van der Waals surface area contributed by atoms with E-state index in [-0.39, 0.29) is 5.91 Å². The highest BCUT2D eigenvalue weighted by Gasteiger charge is 2.23. The molecule has 0 aliphatic carbocycles. The molecule has 0 saturated carbocycles. The minimum absolute atomic E-state index is 0.170. The first kappa shape index (κ1) is 10.1. The van der Waals surface area contributed by atoms with Crippen LogP contribution in [0.5, 0.6) is 0 Å². The SMILES string of the molecule is CC(C)c1nccc(N2CCCC2=O)n1. The number of carbonyl (C=O) groups is 1. The lowest BCUT2D eigenvalue weighted by Crippen LogP contribution is -2.25. The molecule has 2 heterocycles. The Labute approximate surface area is 89.3 Å². The first-order valence-electron chi connectivity index (χ1n) is 5.32. The number of carbonyl (C=O) groups excluding carboxylic acids is 1. The third-order valence-corrected chi connectivity index (χ3v) is 2.53. The Morgan fingerprint density at radius 2 is 2.27 bits per heavy atom. The standard InChI is InChI=1S/C11H15N3O/c1-8(2)11-12-6-5-9(13-11)14-7-3-4-10(14)15/h5-6,8H,3-4,7H2,1-2H3. The quantitative estimate of drug-likeness (QED) is 0.738. The number of hydrogen-bond acceptors (Lipinski definition) is 3. The second-order valence-corrected chi connectivity index (χ2v) is 4.08. The van der Waals surface area contributed by atoms with Gasteiger partial charge in [-0.15, -0.1) is 0 Å². The van der Waals surface area contributed by atoms with Gasteiger partial charge in [0.2, 0.25) is 5.91 Å². The molecule has 4 nitrogen and oxygen atoms in total. The summed E-state index contributed by atoms with van der Waals surface area (Å²) >= 11 is 0. The van der Waals surface area contributed by atoms with E-state index >= 15 is 0 Å². The second kappa shape index (κ2) is 3.96. The molecular formula is C11H15N3O. The molecule has 1 saturated heterocycles. The van der Waals surface area contributed by atoms with Gasteiger partial charge in [0.05, 0.1) is 0 Å². The maximum absolute atomic E-state index is 11.5. The molecule has 15 heavy (non-hydrogen) atoms. The van der Waals surface area contributed by atoms with Gasteiger partial charge >= 0.3 is 0 Å². The summed E-state index contributed by atoms with van der Waals surface area (Å²) in [6, 6.07) is 1.80. The molecule has 0 unspecified atom stereocenters. The molecule has 0 N–H and O–H groups in total. The fourth-order valence-electron chi connectivity index (χ4n) is 1.68. The van der Waals surface area contributed by atoms with E-state index in [0.717, 1.165) is 24.6 Å². The first-order chi connectivity index (χ1) is 7.18. The summed E-state index contributed by atoms with van der Waals surface area (Å²) in [5, 5.41) is 0. The van der Waals surface area contributed by atoms with Crippen molar-refractivity contribution in [3.8, 4) is 0 Å². The molecule has 0 radical (unpaired) electrons. The van der Waals surface area contributed by atoms with Crippen LogP contribution in [0.4, 0.5) is 5.82 Å². The molecule has 0 bridgehead atoms. The predicted molar refractivity (Wildman–Crippen MR) is 57.7 cm³/mol. The van der Waals surface area contributed by atoms with Crippen LogP contribution in [-0.4, -0.2) is 22.4 Å². The van der Waals surface area contributed by atoms with Gasteiger partial charge in [-0.2, -0.15) is 0 Å². The smallest absolute Gasteiger partial charge is 0.228 e. The highest BCUT2D eigenvalue weighted by Crippen LogP contribution is 2.20. The van der Waals surface area contributed by atoms with Crippen molar-refractivity contribution in [1.29, 1.82) is 0 Å². The van der Waals surface area contributed by atoms with E-state index in [1.54, 1.807) is 17.2 Å². The minimum Gasteiger partial charge on any atom is -0.297 e. The van der Waals surface area contributed by atoms with Crippen LogP contribution in [0, 0.1) is 0 Å². The van der Waals surface area contributed by atoms with Gasteiger partial charge in [-0.05, 0) is 12.5 Å². The molecule has 1 fully saturated rings. The number of rotatable bonds is 2. The van der Waals surface area contributed by atoms with Crippen LogP contribution < -0.4 is 4.90 Å². The number of nitrogens with zero attached hydrogens (tertiary/aromatic N) is 3. The van der Waals surface area contributed by atoms with E-state index in [1.165, 1.54) is 0 Å².